The van der Waals surface area contributed by atoms with Crippen molar-refractivity contribution in [3.8, 4) is 28.7 Å². The molecule has 0 amide bonds. The van der Waals surface area contributed by atoms with Gasteiger partial charge in [0.1, 0.15) is 34.0 Å². The Morgan fingerprint density at radius 1 is 1.02 bits per heavy atom. The van der Waals surface area contributed by atoms with Crippen LogP contribution < -0.4 is 14.2 Å². The van der Waals surface area contributed by atoms with Crippen molar-refractivity contribution in [1.82, 2.24) is 34.5 Å². The molecule has 0 aliphatic rings. The molecule has 3 unspecified atom stereocenters. The molecule has 1 N–H and O–H groups in total. The highest BCUT2D eigenvalue weighted by molar-refractivity contribution is 7.93. The van der Waals surface area contributed by atoms with E-state index in [1.165, 1.54) is 12.4 Å². The van der Waals surface area contributed by atoms with Crippen molar-refractivity contribution in [2.45, 2.75) is 31.9 Å². The maximum Gasteiger partial charge on any atom is 0.271 e. The number of aromatic nitrogens is 7. The van der Waals surface area contributed by atoms with Gasteiger partial charge < -0.3 is 14.0 Å². The summed E-state index contributed by atoms with van der Waals surface area (Å²) in [5.41, 5.74) is 3.16. The van der Waals surface area contributed by atoms with Gasteiger partial charge in [0.2, 0.25) is 0 Å². The fraction of sp³-hybridized carbons (Fsp3) is 0.296. The minimum absolute atomic E-state index is 0.235. The van der Waals surface area contributed by atoms with Gasteiger partial charge in [0.05, 0.1) is 42.0 Å². The summed E-state index contributed by atoms with van der Waals surface area (Å²) in [6.45, 7) is 5.79. The van der Waals surface area contributed by atoms with Gasteiger partial charge in [-0.05, 0) is 38.1 Å². The summed E-state index contributed by atoms with van der Waals surface area (Å²) in [5.74, 6) is 1.99. The molecular formula is C27H29ClN8O3S. The van der Waals surface area contributed by atoms with Crippen molar-refractivity contribution < 1.29 is 14.0 Å². The fourth-order valence-electron chi connectivity index (χ4n) is 4.45. The molecule has 3 aromatic heterocycles. The normalized spacial score (nSPS) is 13.7. The number of nitrogens with one attached hydrogen (secondary N) is 1. The first-order valence-corrected chi connectivity index (χ1v) is 14.1. The predicted octanol–water partition coefficient (Wildman–Crippen LogP) is 4.86. The van der Waals surface area contributed by atoms with E-state index in [-0.39, 0.29) is 11.9 Å². The van der Waals surface area contributed by atoms with Crippen LogP contribution in [0.3, 0.4) is 0 Å². The van der Waals surface area contributed by atoms with Gasteiger partial charge in [0.25, 0.3) is 5.95 Å². The third-order valence-electron chi connectivity index (χ3n) is 6.79. The number of hydrogen-bond acceptors (Lipinski definition) is 9. The number of methoxy groups -OCH3 is 2. The molecular weight excluding hydrogens is 552 g/mol. The summed E-state index contributed by atoms with van der Waals surface area (Å²) >= 11 is 4.33. The molecule has 13 heteroatoms. The summed E-state index contributed by atoms with van der Waals surface area (Å²) in [6.07, 6.45) is 3.05. The molecule has 0 radical (unpaired) electrons. The van der Waals surface area contributed by atoms with E-state index in [1.807, 2.05) is 58.2 Å². The number of benzene rings is 2. The molecule has 40 heavy (non-hydrogen) atoms. The maximum absolute atomic E-state index is 13.6. The number of fused-ring (bicyclic) bond motifs is 1. The number of halogens is 1. The van der Waals surface area contributed by atoms with Crippen molar-refractivity contribution >= 4 is 39.8 Å². The molecule has 0 spiro atoms. The molecule has 0 saturated carbocycles. The van der Waals surface area contributed by atoms with Crippen LogP contribution in [0, 0.1) is 6.92 Å². The monoisotopic (exact) mass is 580 g/mol. The average molecular weight is 581 g/mol. The minimum Gasteiger partial charge on any atom is -0.593 e. The number of rotatable bonds is 9. The number of hydrogen-bond donors (Lipinski definition) is 1. The number of aryl methyl sites for hydroxylation is 2. The Morgan fingerprint density at radius 3 is 2.35 bits per heavy atom. The molecule has 3 heterocycles. The Morgan fingerprint density at radius 2 is 1.70 bits per heavy atom. The van der Waals surface area contributed by atoms with E-state index >= 15 is 0 Å². The predicted molar refractivity (Wildman–Crippen MR) is 156 cm³/mol. The van der Waals surface area contributed by atoms with Crippen molar-refractivity contribution in [2.24, 2.45) is 7.05 Å². The van der Waals surface area contributed by atoms with E-state index in [0.29, 0.717) is 39.6 Å². The van der Waals surface area contributed by atoms with Crippen LogP contribution in [0.1, 0.15) is 31.2 Å². The van der Waals surface area contributed by atoms with Crippen molar-refractivity contribution in [1.29, 1.82) is 0 Å². The first kappa shape index (κ1) is 27.7. The zero-order valence-electron chi connectivity index (χ0n) is 22.9. The van der Waals surface area contributed by atoms with Crippen LogP contribution in [0.4, 0.5) is 5.95 Å². The second-order valence-electron chi connectivity index (χ2n) is 9.34. The third-order valence-corrected chi connectivity index (χ3v) is 8.45. The smallest absolute Gasteiger partial charge is 0.271 e. The summed E-state index contributed by atoms with van der Waals surface area (Å²) in [5, 5.41) is 14.7. The van der Waals surface area contributed by atoms with E-state index in [2.05, 4.69) is 31.0 Å². The SMILES string of the molecule is COc1cccc(OC)c1-n1c(N[S+]([O-])C(C)C(C)c2ncc(Cl)cn2)nnc1-c1nn(C)c2ccc(C)cc12. The van der Waals surface area contributed by atoms with Gasteiger partial charge >= 0.3 is 0 Å². The Balaban J connectivity index is 1.64. The Hall–Kier alpha value is -3.87. The van der Waals surface area contributed by atoms with Gasteiger partial charge in [-0.3, -0.25) is 4.68 Å². The zero-order valence-corrected chi connectivity index (χ0v) is 24.5. The number of ether oxygens (including phenoxy) is 2. The van der Waals surface area contributed by atoms with Crippen LogP contribution in [0.15, 0.2) is 48.8 Å². The summed E-state index contributed by atoms with van der Waals surface area (Å²) < 4.78 is 31.7. The quantitative estimate of drug-likeness (QED) is 0.243. The van der Waals surface area contributed by atoms with Gasteiger partial charge in [-0.25, -0.2) is 14.5 Å². The fourth-order valence-corrected chi connectivity index (χ4v) is 5.54. The lowest BCUT2D eigenvalue weighted by atomic mass is 10.1. The first-order valence-electron chi connectivity index (χ1n) is 12.5. The Labute approximate surface area is 239 Å². The van der Waals surface area contributed by atoms with Crippen molar-refractivity contribution in [3.05, 3.63) is 65.2 Å². The molecule has 0 fully saturated rings. The highest BCUT2D eigenvalue weighted by Crippen LogP contribution is 2.39. The van der Waals surface area contributed by atoms with E-state index in [0.717, 1.165) is 16.5 Å². The molecule has 2 aromatic carbocycles. The van der Waals surface area contributed by atoms with Crippen LogP contribution in [-0.2, 0) is 18.4 Å². The first-order chi connectivity index (χ1) is 19.2. The molecule has 5 aromatic rings. The van der Waals surface area contributed by atoms with E-state index in [9.17, 15) is 4.55 Å². The zero-order chi connectivity index (χ0) is 28.6. The number of anilines is 1. The van der Waals surface area contributed by atoms with Crippen LogP contribution in [0.5, 0.6) is 11.5 Å². The van der Waals surface area contributed by atoms with Crippen LogP contribution >= 0.6 is 11.6 Å². The van der Waals surface area contributed by atoms with Gasteiger partial charge in [-0.1, -0.05) is 36.2 Å². The second kappa shape index (κ2) is 11.3. The lowest BCUT2D eigenvalue weighted by molar-refractivity contribution is 0.391. The summed E-state index contributed by atoms with van der Waals surface area (Å²) in [4.78, 5) is 8.60. The van der Waals surface area contributed by atoms with Gasteiger partial charge in [-0.15, -0.1) is 10.2 Å². The molecule has 5 rings (SSSR count). The second-order valence-corrected chi connectivity index (χ2v) is 11.3. The topological polar surface area (TPSA) is 128 Å². The van der Waals surface area contributed by atoms with Crippen molar-refractivity contribution in [3.63, 3.8) is 0 Å². The largest absolute Gasteiger partial charge is 0.593 e. The molecule has 0 aliphatic carbocycles. The molecule has 11 nitrogen and oxygen atoms in total. The highest BCUT2D eigenvalue weighted by Gasteiger charge is 2.32. The lowest BCUT2D eigenvalue weighted by Gasteiger charge is -2.23. The molecule has 208 valence electrons. The molecule has 3 atom stereocenters. The third kappa shape index (κ3) is 5.05. The van der Waals surface area contributed by atoms with E-state index in [1.54, 1.807) is 23.5 Å². The number of nitrogens with zero attached hydrogens (tertiary/aromatic N) is 7. The summed E-state index contributed by atoms with van der Waals surface area (Å²) in [7, 11) is 5.02. The molecule has 0 saturated heterocycles. The average Bonchev–Trinajstić information content (AvgIpc) is 3.51. The molecule has 0 bridgehead atoms. The van der Waals surface area contributed by atoms with E-state index in [4.69, 9.17) is 26.2 Å². The van der Waals surface area contributed by atoms with Gasteiger partial charge in [-0.2, -0.15) is 9.82 Å². The van der Waals surface area contributed by atoms with Crippen LogP contribution in [0.2, 0.25) is 5.02 Å². The van der Waals surface area contributed by atoms with E-state index < -0.39 is 16.6 Å². The Kier molecular flexibility index (Phi) is 7.83. The lowest BCUT2D eigenvalue weighted by Crippen LogP contribution is -2.31. The highest BCUT2D eigenvalue weighted by atomic mass is 35.5. The van der Waals surface area contributed by atoms with Gasteiger partial charge in [0, 0.05) is 24.8 Å². The Bertz CT molecular complexity index is 1630. The maximum atomic E-state index is 13.6. The standard InChI is InChI=1S/C27H29ClN8O3S/c1-15-10-11-20-19(12-15)23(33-35(20)4)26-31-32-27(36(26)24-21(38-5)8-7-9-22(24)39-6)34-40(37)17(3)16(2)25-29-13-18(28)14-30-25/h7-14,16-17H,1-6H3,(H,32,34). The van der Waals surface area contributed by atoms with Gasteiger partial charge in [0.15, 0.2) is 5.82 Å². The van der Waals surface area contributed by atoms with Crippen molar-refractivity contribution in [2.75, 3.05) is 18.9 Å². The molecule has 0 aliphatic heterocycles. The number of para-hydroxylation sites is 1. The minimum atomic E-state index is -1.62. The van der Waals surface area contributed by atoms with Crippen LogP contribution in [0.25, 0.3) is 28.1 Å². The summed E-state index contributed by atoms with van der Waals surface area (Å²) in [6, 6.07) is 11.5. The van der Waals surface area contributed by atoms with Crippen LogP contribution in [-0.4, -0.2) is 58.5 Å².